The second kappa shape index (κ2) is 38.4. The number of carbonyl (C=O) groups is 4. The highest BCUT2D eigenvalue weighted by Crippen LogP contribution is 2.38. The Morgan fingerprint density at radius 3 is 1.73 bits per heavy atom. The molecule has 64 heavy (non-hydrogen) atoms. The van der Waals surface area contributed by atoms with E-state index < -0.39 is 5.97 Å². The van der Waals surface area contributed by atoms with Crippen molar-refractivity contribution in [2.24, 2.45) is 5.92 Å². The van der Waals surface area contributed by atoms with Crippen LogP contribution in [0.1, 0.15) is 247 Å². The molecule has 1 aromatic rings. The number of ether oxygens (including phenoxy) is 2. The highest BCUT2D eigenvalue weighted by Gasteiger charge is 2.31. The van der Waals surface area contributed by atoms with E-state index in [9.17, 15) is 19.2 Å². The van der Waals surface area contributed by atoms with Crippen LogP contribution in [0.5, 0.6) is 0 Å². The van der Waals surface area contributed by atoms with Crippen molar-refractivity contribution in [2.45, 2.75) is 239 Å². The summed E-state index contributed by atoms with van der Waals surface area (Å²) in [6.45, 7) is 8.99. The van der Waals surface area contributed by atoms with Crippen molar-refractivity contribution in [1.29, 1.82) is 0 Å². The summed E-state index contributed by atoms with van der Waals surface area (Å²) in [5.74, 6) is -0.418. The lowest BCUT2D eigenvalue weighted by Crippen LogP contribution is -2.35. The molecule has 1 aromatic heterocycles. The van der Waals surface area contributed by atoms with Crippen molar-refractivity contribution in [2.75, 3.05) is 45.7 Å². The minimum absolute atomic E-state index is 0.00594. The van der Waals surface area contributed by atoms with Crippen molar-refractivity contribution in [3.8, 4) is 0 Å². The lowest BCUT2D eigenvalue weighted by Gasteiger charge is -2.27. The Morgan fingerprint density at radius 1 is 0.641 bits per heavy atom. The molecule has 1 aliphatic heterocycles. The lowest BCUT2D eigenvalue weighted by atomic mass is 9.94. The number of anilines is 1. The number of rotatable bonds is 41. The molecule has 2 rings (SSSR count). The van der Waals surface area contributed by atoms with Crippen LogP contribution in [0.3, 0.4) is 0 Å². The number of allylic oxidation sites excluding steroid dienone is 2. The van der Waals surface area contributed by atoms with E-state index in [0.29, 0.717) is 56.1 Å². The summed E-state index contributed by atoms with van der Waals surface area (Å²) in [6.07, 6.45) is 40.7. The number of nitrogens with zero attached hydrogens (tertiary/aromatic N) is 2. The largest absolute Gasteiger partial charge is 0.465 e. The van der Waals surface area contributed by atoms with Gasteiger partial charge in [-0.3, -0.25) is 14.4 Å². The molecule has 1 N–H and O–H groups in total. The number of carbonyl (C=O) groups excluding carboxylic acids is 4. The molecule has 0 radical (unpaired) electrons. The number of unbranched alkanes of at least 4 members (excludes halogenated alkanes) is 23. The molecule has 368 valence electrons. The molecule has 0 saturated carbocycles. The first-order valence-electron chi connectivity index (χ1n) is 26.6. The van der Waals surface area contributed by atoms with Gasteiger partial charge in [0.1, 0.15) is 11.6 Å². The molecule has 0 bridgehead atoms. The number of hydrogen-bond acceptors (Lipinski definition) is 8. The number of esters is 2. The van der Waals surface area contributed by atoms with Crippen LogP contribution in [-0.2, 0) is 36.8 Å². The predicted molar refractivity (Wildman–Crippen MR) is 269 cm³/mol. The van der Waals surface area contributed by atoms with Crippen LogP contribution >= 0.6 is 11.3 Å². The smallest absolute Gasteiger partial charge is 0.341 e. The third kappa shape index (κ3) is 27.0. The maximum Gasteiger partial charge on any atom is 0.341 e. The molecular formula is C54H95N3O6S. The first-order chi connectivity index (χ1) is 31.2. The Bertz CT molecular complexity index is 1390. The van der Waals surface area contributed by atoms with Crippen LogP contribution in [0.25, 0.3) is 0 Å². The normalized spacial score (nSPS) is 12.7. The number of likely N-dealkylation sites (N-methyl/N-ethyl adjacent to an activating group) is 1. The summed E-state index contributed by atoms with van der Waals surface area (Å²) in [5, 5.41) is 3.61. The third-order valence-electron chi connectivity index (χ3n) is 12.7. The third-order valence-corrected chi connectivity index (χ3v) is 13.9. The minimum Gasteiger partial charge on any atom is -0.465 e. The van der Waals surface area contributed by atoms with Crippen LogP contribution in [-0.4, -0.2) is 74.0 Å². The summed E-state index contributed by atoms with van der Waals surface area (Å²) in [7, 11) is 3.87. The maximum atomic E-state index is 13.5. The highest BCUT2D eigenvalue weighted by molar-refractivity contribution is 7.17. The van der Waals surface area contributed by atoms with Crippen molar-refractivity contribution in [1.82, 2.24) is 9.80 Å². The summed E-state index contributed by atoms with van der Waals surface area (Å²) in [6, 6.07) is 0. The second-order valence-corrected chi connectivity index (χ2v) is 20.0. The van der Waals surface area contributed by atoms with Crippen LogP contribution in [0, 0.1) is 5.92 Å². The molecular weight excluding hydrogens is 819 g/mol. The SMILES string of the molecule is CCCCCCCC/C=C\CCCCCCCC(=O)Nc1sc2c(c1C(=O)OCCN(C)C)CCN(C(=O)CCCCCOC(=O)C(CCCCCCCC)CCCCCCCC)C2. The summed E-state index contributed by atoms with van der Waals surface area (Å²) in [4.78, 5) is 58.0. The Hall–Kier alpha value is -2.72. The van der Waals surface area contributed by atoms with Gasteiger partial charge in [0.15, 0.2) is 0 Å². The highest BCUT2D eigenvalue weighted by atomic mass is 32.1. The van der Waals surface area contributed by atoms with Gasteiger partial charge in [-0.15, -0.1) is 11.3 Å². The van der Waals surface area contributed by atoms with Gasteiger partial charge in [0, 0.05) is 30.8 Å². The van der Waals surface area contributed by atoms with Gasteiger partial charge in [-0.2, -0.15) is 0 Å². The molecule has 1 aliphatic rings. The molecule has 0 fully saturated rings. The van der Waals surface area contributed by atoms with E-state index in [1.165, 1.54) is 133 Å². The molecule has 0 spiro atoms. The van der Waals surface area contributed by atoms with E-state index in [2.05, 4.69) is 38.2 Å². The lowest BCUT2D eigenvalue weighted by molar-refractivity contribution is -0.149. The quantitative estimate of drug-likeness (QED) is 0.0396. The molecule has 2 amide bonds. The molecule has 9 nitrogen and oxygen atoms in total. The van der Waals surface area contributed by atoms with E-state index in [4.69, 9.17) is 9.47 Å². The van der Waals surface area contributed by atoms with E-state index >= 15 is 0 Å². The molecule has 0 unspecified atom stereocenters. The Balaban J connectivity index is 1.80. The van der Waals surface area contributed by atoms with Gasteiger partial charge >= 0.3 is 11.9 Å². The van der Waals surface area contributed by atoms with Crippen LogP contribution < -0.4 is 5.32 Å². The van der Waals surface area contributed by atoms with Gasteiger partial charge < -0.3 is 24.6 Å². The average molecular weight is 914 g/mol. The van der Waals surface area contributed by atoms with Gasteiger partial charge in [-0.25, -0.2) is 4.79 Å². The minimum atomic E-state index is -0.410. The average Bonchev–Trinajstić information content (AvgIpc) is 3.64. The van der Waals surface area contributed by atoms with Crippen molar-refractivity contribution in [3.63, 3.8) is 0 Å². The van der Waals surface area contributed by atoms with Gasteiger partial charge in [0.2, 0.25) is 11.8 Å². The second-order valence-electron chi connectivity index (χ2n) is 18.9. The van der Waals surface area contributed by atoms with Crippen molar-refractivity contribution >= 4 is 40.1 Å². The van der Waals surface area contributed by atoms with Gasteiger partial charge in [0.25, 0.3) is 0 Å². The number of fused-ring (bicyclic) bond motifs is 1. The zero-order valence-electron chi connectivity index (χ0n) is 41.9. The zero-order valence-corrected chi connectivity index (χ0v) is 42.7. The van der Waals surface area contributed by atoms with Crippen LogP contribution in [0.2, 0.25) is 0 Å². The Morgan fingerprint density at radius 2 is 1.16 bits per heavy atom. The number of amides is 2. The molecule has 2 heterocycles. The van der Waals surface area contributed by atoms with Gasteiger partial charge in [0.05, 0.1) is 24.6 Å². The molecule has 0 aromatic carbocycles. The summed E-state index contributed by atoms with van der Waals surface area (Å²) < 4.78 is 11.5. The molecule has 0 saturated heterocycles. The van der Waals surface area contributed by atoms with E-state index in [1.54, 1.807) is 0 Å². The van der Waals surface area contributed by atoms with Crippen LogP contribution in [0.4, 0.5) is 5.00 Å². The Kier molecular flexibility index (Phi) is 34.4. The van der Waals surface area contributed by atoms with Gasteiger partial charge in [-0.05, 0) is 90.3 Å². The monoisotopic (exact) mass is 914 g/mol. The van der Waals surface area contributed by atoms with E-state index in [1.807, 2.05) is 23.9 Å². The fraction of sp³-hybridized carbons (Fsp3) is 0.815. The fourth-order valence-electron chi connectivity index (χ4n) is 8.58. The van der Waals surface area contributed by atoms with E-state index in [0.717, 1.165) is 81.1 Å². The zero-order chi connectivity index (χ0) is 46.5. The number of nitrogens with one attached hydrogen (secondary N) is 1. The maximum absolute atomic E-state index is 13.5. The van der Waals surface area contributed by atoms with Crippen molar-refractivity contribution < 1.29 is 28.7 Å². The molecule has 0 aliphatic carbocycles. The topological polar surface area (TPSA) is 105 Å². The van der Waals surface area contributed by atoms with E-state index in [-0.39, 0.29) is 30.3 Å². The number of hydrogen-bond donors (Lipinski definition) is 1. The van der Waals surface area contributed by atoms with Gasteiger partial charge in [-0.1, -0.05) is 161 Å². The molecule has 0 atom stereocenters. The van der Waals surface area contributed by atoms with Crippen LogP contribution in [0.15, 0.2) is 12.2 Å². The standard InChI is InChI=1S/C54H95N3O6S/c1-6-9-12-15-18-19-20-21-22-23-24-25-26-29-33-38-49(58)55-52-51(54(61)63-44-42-56(4)5)47-40-41-57(45-48(47)64-52)50(59)39-34-30-35-43-62-53(60)46(36-31-27-16-13-10-7-2)37-32-28-17-14-11-8-3/h21-22,46H,6-20,23-45H2,1-5H3,(H,55,58)/b22-21-. The fourth-order valence-corrected chi connectivity index (χ4v) is 9.85. The summed E-state index contributed by atoms with van der Waals surface area (Å²) >= 11 is 1.41. The first-order valence-corrected chi connectivity index (χ1v) is 27.4. The molecule has 10 heteroatoms. The predicted octanol–water partition coefficient (Wildman–Crippen LogP) is 14.5. The Labute approximate surface area is 396 Å². The summed E-state index contributed by atoms with van der Waals surface area (Å²) in [5.41, 5.74) is 1.35. The van der Waals surface area contributed by atoms with Crippen molar-refractivity contribution in [3.05, 3.63) is 28.2 Å². The first kappa shape index (κ1) is 57.4. The number of thiophene rings is 1.